The van der Waals surface area contributed by atoms with E-state index in [1.165, 1.54) is 0 Å². The van der Waals surface area contributed by atoms with E-state index in [4.69, 9.17) is 14.0 Å². The van der Waals surface area contributed by atoms with E-state index in [9.17, 15) is 4.79 Å². The Morgan fingerprint density at radius 1 is 1.15 bits per heavy atom. The van der Waals surface area contributed by atoms with E-state index in [1.54, 1.807) is 0 Å². The van der Waals surface area contributed by atoms with Crippen molar-refractivity contribution >= 4 is 13.1 Å². The second kappa shape index (κ2) is 4.01. The molecule has 5 heteroatoms. The van der Waals surface area contributed by atoms with Gasteiger partial charge in [0.15, 0.2) is 0 Å². The number of carbonyl (C=O) groups is 1. The predicted octanol–water partition coefficient (Wildman–Crippen LogP) is 2.81. The van der Waals surface area contributed by atoms with Gasteiger partial charge in [-0.3, -0.25) is 4.79 Å². The molecular weight excluding hydrogens is 255 g/mol. The summed E-state index contributed by atoms with van der Waals surface area (Å²) in [6.07, 6.45) is 1.82. The summed E-state index contributed by atoms with van der Waals surface area (Å²) in [5, 5.41) is 0. The van der Waals surface area contributed by atoms with Crippen LogP contribution in [0, 0.1) is 11.3 Å². The number of rotatable bonds is 3. The molecular formula is C15H25BO4. The first-order valence-corrected chi connectivity index (χ1v) is 7.66. The van der Waals surface area contributed by atoms with E-state index in [0.29, 0.717) is 5.92 Å². The summed E-state index contributed by atoms with van der Waals surface area (Å²) < 4.78 is 17.7. The quantitative estimate of drug-likeness (QED) is 0.589. The standard InChI is InChI=1S/C15H25BO4/c1-9(2)18-12(17)15-7-10(8-15)11(15)16-19-13(3,4)14(5,6)20-16/h9-11H,7-8H2,1-6H3. The van der Waals surface area contributed by atoms with Crippen molar-refractivity contribution in [1.82, 2.24) is 0 Å². The van der Waals surface area contributed by atoms with Gasteiger partial charge in [0, 0.05) is 5.82 Å². The molecule has 0 spiro atoms. The lowest BCUT2D eigenvalue weighted by Crippen LogP contribution is -2.67. The average molecular weight is 280 g/mol. The van der Waals surface area contributed by atoms with Crippen molar-refractivity contribution in [2.24, 2.45) is 11.3 Å². The lowest BCUT2D eigenvalue weighted by Gasteiger charge is -2.66. The summed E-state index contributed by atoms with van der Waals surface area (Å²) >= 11 is 0. The Balaban J connectivity index is 1.73. The molecule has 2 bridgehead atoms. The van der Waals surface area contributed by atoms with Crippen LogP contribution >= 0.6 is 0 Å². The molecule has 1 unspecified atom stereocenters. The van der Waals surface area contributed by atoms with Crippen LogP contribution in [0.2, 0.25) is 5.82 Å². The van der Waals surface area contributed by atoms with E-state index < -0.39 is 0 Å². The molecule has 0 aromatic heterocycles. The maximum absolute atomic E-state index is 12.4. The Hall–Kier alpha value is -0.545. The summed E-state index contributed by atoms with van der Waals surface area (Å²) in [5.74, 6) is 0.675. The third-order valence-electron chi connectivity index (χ3n) is 5.71. The molecule has 0 radical (unpaired) electrons. The highest BCUT2D eigenvalue weighted by molar-refractivity contribution is 6.49. The molecule has 0 aromatic carbocycles. The summed E-state index contributed by atoms with van der Waals surface area (Å²) in [6.45, 7) is 12.0. The molecule has 0 aromatic rings. The van der Waals surface area contributed by atoms with Crippen molar-refractivity contribution in [3.8, 4) is 0 Å². The fourth-order valence-electron chi connectivity index (χ4n) is 3.68. The lowest BCUT2D eigenvalue weighted by atomic mass is 9.28. The van der Waals surface area contributed by atoms with Gasteiger partial charge in [-0.2, -0.15) is 0 Å². The van der Waals surface area contributed by atoms with Crippen LogP contribution in [0.3, 0.4) is 0 Å². The number of ether oxygens (including phenoxy) is 1. The van der Waals surface area contributed by atoms with E-state index in [1.807, 2.05) is 13.8 Å². The fraction of sp³-hybridized carbons (Fsp3) is 0.933. The number of hydrogen-bond donors (Lipinski definition) is 0. The molecule has 112 valence electrons. The van der Waals surface area contributed by atoms with Gasteiger partial charge >= 0.3 is 13.1 Å². The smallest absolute Gasteiger partial charge is 0.462 e. The van der Waals surface area contributed by atoms with Crippen LogP contribution in [0.5, 0.6) is 0 Å². The summed E-state index contributed by atoms with van der Waals surface area (Å²) in [7, 11) is -0.271. The summed E-state index contributed by atoms with van der Waals surface area (Å²) in [6, 6.07) is 0. The normalized spacial score (nSPS) is 40.2. The second-order valence-corrected chi connectivity index (χ2v) is 7.93. The van der Waals surface area contributed by atoms with Crippen molar-refractivity contribution in [3.05, 3.63) is 0 Å². The van der Waals surface area contributed by atoms with E-state index in [-0.39, 0.29) is 41.6 Å². The zero-order valence-electron chi connectivity index (χ0n) is 13.4. The molecule has 1 aliphatic heterocycles. The Labute approximate surface area is 121 Å². The fourth-order valence-corrected chi connectivity index (χ4v) is 3.68. The molecule has 4 rings (SSSR count). The highest BCUT2D eigenvalue weighted by atomic mass is 16.7. The minimum Gasteiger partial charge on any atom is -0.463 e. The van der Waals surface area contributed by atoms with Gasteiger partial charge in [0.05, 0.1) is 22.7 Å². The molecule has 0 amide bonds. The van der Waals surface area contributed by atoms with Crippen LogP contribution in [0.1, 0.15) is 54.4 Å². The van der Waals surface area contributed by atoms with Crippen molar-refractivity contribution in [1.29, 1.82) is 0 Å². The molecule has 1 atom stereocenters. The molecule has 4 nitrogen and oxygen atoms in total. The molecule has 4 aliphatic rings. The molecule has 20 heavy (non-hydrogen) atoms. The highest BCUT2D eigenvalue weighted by Crippen LogP contribution is 2.75. The van der Waals surface area contributed by atoms with Crippen LogP contribution in [0.15, 0.2) is 0 Å². The molecule has 3 aliphatic carbocycles. The third-order valence-corrected chi connectivity index (χ3v) is 5.71. The Kier molecular flexibility index (Phi) is 2.88. The van der Waals surface area contributed by atoms with Crippen molar-refractivity contribution in [2.45, 2.75) is 77.5 Å². The van der Waals surface area contributed by atoms with Crippen LogP contribution in [-0.2, 0) is 18.8 Å². The first kappa shape index (κ1) is 14.4. The Bertz CT molecular complexity index is 421. The van der Waals surface area contributed by atoms with Crippen LogP contribution in [-0.4, -0.2) is 30.4 Å². The zero-order valence-corrected chi connectivity index (χ0v) is 13.4. The van der Waals surface area contributed by atoms with Crippen molar-refractivity contribution in [3.63, 3.8) is 0 Å². The molecule has 0 N–H and O–H groups in total. The first-order valence-electron chi connectivity index (χ1n) is 7.66. The molecule has 3 saturated carbocycles. The molecule has 4 fully saturated rings. The van der Waals surface area contributed by atoms with E-state index >= 15 is 0 Å². The van der Waals surface area contributed by atoms with Gasteiger partial charge in [0.25, 0.3) is 0 Å². The van der Waals surface area contributed by atoms with Crippen LogP contribution in [0.4, 0.5) is 0 Å². The Morgan fingerprint density at radius 2 is 1.65 bits per heavy atom. The lowest BCUT2D eigenvalue weighted by molar-refractivity contribution is -0.197. The third kappa shape index (κ3) is 1.72. The maximum atomic E-state index is 12.4. The zero-order chi connectivity index (χ0) is 14.9. The van der Waals surface area contributed by atoms with Crippen molar-refractivity contribution in [2.75, 3.05) is 0 Å². The van der Waals surface area contributed by atoms with Gasteiger partial charge in [0.2, 0.25) is 0 Å². The predicted molar refractivity (Wildman–Crippen MR) is 76.2 cm³/mol. The minimum absolute atomic E-state index is 0.0597. The van der Waals surface area contributed by atoms with E-state index in [2.05, 4.69) is 27.7 Å². The summed E-state index contributed by atoms with van der Waals surface area (Å²) in [5.41, 5.74) is -0.998. The molecule has 1 saturated heterocycles. The summed E-state index contributed by atoms with van der Waals surface area (Å²) in [4.78, 5) is 12.4. The van der Waals surface area contributed by atoms with E-state index in [0.717, 1.165) is 12.8 Å². The SMILES string of the molecule is CC(C)OC(=O)C12CC(C1)C2B1OC(C)(C)C(C)(C)O1. The van der Waals surface area contributed by atoms with Crippen LogP contribution in [0.25, 0.3) is 0 Å². The molecule has 1 heterocycles. The van der Waals surface area contributed by atoms with Gasteiger partial charge in [0.1, 0.15) is 0 Å². The van der Waals surface area contributed by atoms with Crippen molar-refractivity contribution < 1.29 is 18.8 Å². The largest absolute Gasteiger partial charge is 0.463 e. The van der Waals surface area contributed by atoms with Crippen LogP contribution < -0.4 is 0 Å². The average Bonchev–Trinajstić information content (AvgIpc) is 2.27. The van der Waals surface area contributed by atoms with Gasteiger partial charge < -0.3 is 14.0 Å². The number of esters is 1. The Morgan fingerprint density at radius 3 is 2.00 bits per heavy atom. The van der Waals surface area contributed by atoms with Gasteiger partial charge in [-0.25, -0.2) is 0 Å². The minimum atomic E-state index is -0.337. The maximum Gasteiger partial charge on any atom is 0.462 e. The topological polar surface area (TPSA) is 44.8 Å². The number of hydrogen-bond acceptors (Lipinski definition) is 4. The highest BCUT2D eigenvalue weighted by Gasteiger charge is 2.76. The van der Waals surface area contributed by atoms with Gasteiger partial charge in [-0.15, -0.1) is 0 Å². The number of carbonyl (C=O) groups excluding carboxylic acids is 1. The first-order chi connectivity index (χ1) is 9.09. The second-order valence-electron chi connectivity index (χ2n) is 7.93. The van der Waals surface area contributed by atoms with Gasteiger partial charge in [-0.05, 0) is 60.3 Å². The van der Waals surface area contributed by atoms with Gasteiger partial charge in [-0.1, -0.05) is 0 Å². The monoisotopic (exact) mass is 280 g/mol.